The molecule has 24 heavy (non-hydrogen) atoms. The summed E-state index contributed by atoms with van der Waals surface area (Å²) in [6.07, 6.45) is 2.83. The van der Waals surface area contributed by atoms with Gasteiger partial charge in [0.25, 0.3) is 5.56 Å². The largest absolute Gasteiger partial charge is 0.296 e. The van der Waals surface area contributed by atoms with Gasteiger partial charge < -0.3 is 0 Å². The van der Waals surface area contributed by atoms with E-state index in [1.807, 2.05) is 35.7 Å². The van der Waals surface area contributed by atoms with E-state index in [-0.39, 0.29) is 5.56 Å². The van der Waals surface area contributed by atoms with Gasteiger partial charge in [-0.25, -0.2) is 4.98 Å². The highest BCUT2D eigenvalue weighted by atomic mass is 32.1. The number of fused-ring (bicyclic) bond motifs is 1. The van der Waals surface area contributed by atoms with Gasteiger partial charge in [0, 0.05) is 30.3 Å². The molecule has 0 aliphatic heterocycles. The molecule has 0 saturated heterocycles. The van der Waals surface area contributed by atoms with Crippen LogP contribution in [0.3, 0.4) is 0 Å². The minimum Gasteiger partial charge on any atom is -0.296 e. The normalized spacial score (nSPS) is 10.8. The van der Waals surface area contributed by atoms with E-state index in [4.69, 9.17) is 10.2 Å². The summed E-state index contributed by atoms with van der Waals surface area (Å²) in [5.74, 6) is 0.828. The molecule has 0 N–H and O–H groups in total. The van der Waals surface area contributed by atoms with Crippen molar-refractivity contribution in [2.75, 3.05) is 0 Å². The fourth-order valence-electron chi connectivity index (χ4n) is 2.86. The molecule has 2 heterocycles. The van der Waals surface area contributed by atoms with E-state index in [1.54, 1.807) is 4.57 Å². The molecule has 0 saturated carbocycles. The van der Waals surface area contributed by atoms with Crippen molar-refractivity contribution in [1.29, 1.82) is 5.26 Å². The summed E-state index contributed by atoms with van der Waals surface area (Å²) in [5, 5.41) is 11.5. The van der Waals surface area contributed by atoms with Crippen LogP contribution < -0.4 is 5.56 Å². The summed E-state index contributed by atoms with van der Waals surface area (Å²) in [6.45, 7) is 2.63. The lowest BCUT2D eigenvalue weighted by Gasteiger charge is -2.11. The van der Waals surface area contributed by atoms with Gasteiger partial charge in [-0.3, -0.25) is 9.36 Å². The third-order valence-electron chi connectivity index (χ3n) is 4.00. The van der Waals surface area contributed by atoms with Crippen LogP contribution in [0.2, 0.25) is 0 Å². The Morgan fingerprint density at radius 1 is 1.29 bits per heavy atom. The Hall–Kier alpha value is -2.45. The molecular weight excluding hydrogens is 318 g/mol. The van der Waals surface area contributed by atoms with E-state index >= 15 is 0 Å². The Bertz CT molecular complexity index is 935. The SMILES string of the molecule is CCCc1nc2scc(-c3ccccc3)c2c(=O)n1CCCC#N. The topological polar surface area (TPSA) is 58.7 Å². The molecule has 4 nitrogen and oxygen atoms in total. The molecule has 2 aromatic heterocycles. The second kappa shape index (κ2) is 7.41. The number of rotatable bonds is 6. The zero-order chi connectivity index (χ0) is 16.9. The van der Waals surface area contributed by atoms with Crippen LogP contribution in [-0.4, -0.2) is 9.55 Å². The summed E-state index contributed by atoms with van der Waals surface area (Å²) in [4.78, 5) is 18.7. The Morgan fingerprint density at radius 2 is 2.08 bits per heavy atom. The molecular formula is C19H19N3OS. The quantitative estimate of drug-likeness (QED) is 0.627. The Morgan fingerprint density at radius 3 is 2.79 bits per heavy atom. The molecule has 5 heteroatoms. The van der Waals surface area contributed by atoms with Gasteiger partial charge in [-0.15, -0.1) is 11.3 Å². The molecule has 0 aliphatic rings. The van der Waals surface area contributed by atoms with Gasteiger partial charge in [-0.2, -0.15) is 5.26 Å². The number of hydrogen-bond donors (Lipinski definition) is 0. The lowest BCUT2D eigenvalue weighted by atomic mass is 10.1. The lowest BCUT2D eigenvalue weighted by Crippen LogP contribution is -2.25. The number of thiophene rings is 1. The Kier molecular flexibility index (Phi) is 5.07. The van der Waals surface area contributed by atoms with Crippen LogP contribution >= 0.6 is 11.3 Å². The van der Waals surface area contributed by atoms with Crippen molar-refractivity contribution in [2.45, 2.75) is 39.2 Å². The van der Waals surface area contributed by atoms with Gasteiger partial charge >= 0.3 is 0 Å². The maximum absolute atomic E-state index is 13.1. The number of unbranched alkanes of at least 4 members (excludes halogenated alkanes) is 1. The standard InChI is InChI=1S/C19H19N3OS/c1-2-8-16-21-18-17(19(23)22(16)12-7-6-11-20)15(13-24-18)14-9-4-3-5-10-14/h3-5,9-10,13H,2,6-8,12H2,1H3. The van der Waals surface area contributed by atoms with Crippen molar-refractivity contribution in [3.63, 3.8) is 0 Å². The molecule has 1 aromatic carbocycles. The van der Waals surface area contributed by atoms with Crippen LogP contribution in [0.4, 0.5) is 0 Å². The average molecular weight is 337 g/mol. The summed E-state index contributed by atoms with van der Waals surface area (Å²) in [6, 6.07) is 12.1. The van der Waals surface area contributed by atoms with Crippen molar-refractivity contribution in [1.82, 2.24) is 9.55 Å². The summed E-state index contributed by atoms with van der Waals surface area (Å²) in [7, 11) is 0. The van der Waals surface area contributed by atoms with Crippen LogP contribution in [0.15, 0.2) is 40.5 Å². The highest BCUT2D eigenvalue weighted by Gasteiger charge is 2.16. The van der Waals surface area contributed by atoms with Crippen molar-refractivity contribution in [3.8, 4) is 17.2 Å². The molecule has 0 fully saturated rings. The highest BCUT2D eigenvalue weighted by Crippen LogP contribution is 2.31. The van der Waals surface area contributed by atoms with E-state index in [0.717, 1.165) is 34.6 Å². The fraction of sp³-hybridized carbons (Fsp3) is 0.316. The van der Waals surface area contributed by atoms with E-state index < -0.39 is 0 Å². The van der Waals surface area contributed by atoms with E-state index in [9.17, 15) is 4.79 Å². The number of nitrogens with zero attached hydrogens (tertiary/aromatic N) is 3. The highest BCUT2D eigenvalue weighted by molar-refractivity contribution is 7.17. The first-order valence-corrected chi connectivity index (χ1v) is 9.07. The number of aromatic nitrogens is 2. The van der Waals surface area contributed by atoms with Crippen LogP contribution in [0.5, 0.6) is 0 Å². The summed E-state index contributed by atoms with van der Waals surface area (Å²) in [5.41, 5.74) is 2.00. The van der Waals surface area contributed by atoms with Gasteiger partial charge in [-0.05, 0) is 18.4 Å². The zero-order valence-corrected chi connectivity index (χ0v) is 14.5. The number of nitriles is 1. The number of aryl methyl sites for hydroxylation is 1. The summed E-state index contributed by atoms with van der Waals surface area (Å²) >= 11 is 1.52. The molecule has 3 rings (SSSR count). The minimum absolute atomic E-state index is 0.0153. The molecule has 3 aromatic rings. The molecule has 122 valence electrons. The third-order valence-corrected chi connectivity index (χ3v) is 4.87. The fourth-order valence-corrected chi connectivity index (χ4v) is 3.81. The van der Waals surface area contributed by atoms with Crippen LogP contribution in [0.25, 0.3) is 21.3 Å². The van der Waals surface area contributed by atoms with Crippen molar-refractivity contribution >= 4 is 21.6 Å². The smallest absolute Gasteiger partial charge is 0.262 e. The first-order valence-electron chi connectivity index (χ1n) is 8.19. The van der Waals surface area contributed by atoms with E-state index in [2.05, 4.69) is 13.0 Å². The molecule has 0 unspecified atom stereocenters. The van der Waals surface area contributed by atoms with E-state index in [1.165, 1.54) is 11.3 Å². The van der Waals surface area contributed by atoms with Gasteiger partial charge in [0.05, 0.1) is 11.5 Å². The van der Waals surface area contributed by atoms with Crippen LogP contribution in [-0.2, 0) is 13.0 Å². The zero-order valence-electron chi connectivity index (χ0n) is 13.7. The maximum Gasteiger partial charge on any atom is 0.262 e. The monoisotopic (exact) mass is 337 g/mol. The van der Waals surface area contributed by atoms with Crippen molar-refractivity contribution in [3.05, 3.63) is 51.9 Å². The Balaban J connectivity index is 2.17. The Labute approximate surface area is 145 Å². The third kappa shape index (κ3) is 3.10. The number of hydrogen-bond acceptors (Lipinski definition) is 4. The van der Waals surface area contributed by atoms with E-state index in [0.29, 0.717) is 24.8 Å². The van der Waals surface area contributed by atoms with Crippen molar-refractivity contribution < 1.29 is 0 Å². The predicted molar refractivity (Wildman–Crippen MR) is 98.2 cm³/mol. The predicted octanol–water partition coefficient (Wildman–Crippen LogP) is 4.38. The van der Waals surface area contributed by atoms with Crippen LogP contribution in [0, 0.1) is 11.3 Å². The molecule has 0 spiro atoms. The molecule has 0 bridgehead atoms. The maximum atomic E-state index is 13.1. The average Bonchev–Trinajstić information content (AvgIpc) is 3.03. The molecule has 0 radical (unpaired) electrons. The molecule has 0 amide bonds. The van der Waals surface area contributed by atoms with Gasteiger partial charge in [0.1, 0.15) is 10.7 Å². The second-order valence-electron chi connectivity index (χ2n) is 5.69. The van der Waals surface area contributed by atoms with Gasteiger partial charge in [0.15, 0.2) is 0 Å². The molecule has 0 aliphatic carbocycles. The summed E-state index contributed by atoms with van der Waals surface area (Å²) < 4.78 is 1.77. The first-order chi connectivity index (χ1) is 11.8. The minimum atomic E-state index is 0.0153. The van der Waals surface area contributed by atoms with Gasteiger partial charge in [-0.1, -0.05) is 37.3 Å². The van der Waals surface area contributed by atoms with Gasteiger partial charge in [0.2, 0.25) is 0 Å². The first kappa shape index (κ1) is 16.4. The second-order valence-corrected chi connectivity index (χ2v) is 6.55. The lowest BCUT2D eigenvalue weighted by molar-refractivity contribution is 0.585. The number of benzene rings is 1. The molecule has 0 atom stereocenters. The van der Waals surface area contributed by atoms with Crippen molar-refractivity contribution in [2.24, 2.45) is 0 Å². The van der Waals surface area contributed by atoms with Crippen LogP contribution in [0.1, 0.15) is 32.0 Å².